The van der Waals surface area contributed by atoms with Gasteiger partial charge in [-0.05, 0) is 36.8 Å². The van der Waals surface area contributed by atoms with E-state index in [0.29, 0.717) is 10.7 Å². The average Bonchev–Trinajstić information content (AvgIpc) is 2.93. The van der Waals surface area contributed by atoms with E-state index < -0.39 is 11.7 Å². The van der Waals surface area contributed by atoms with E-state index in [1.54, 1.807) is 24.3 Å². The lowest BCUT2D eigenvalue weighted by atomic mass is 10.1. The van der Waals surface area contributed by atoms with Gasteiger partial charge in [0, 0.05) is 23.7 Å². The Morgan fingerprint density at radius 2 is 2.04 bits per heavy atom. The van der Waals surface area contributed by atoms with Crippen LogP contribution in [-0.4, -0.2) is 18.4 Å². The second-order valence-electron chi connectivity index (χ2n) is 5.81. The summed E-state index contributed by atoms with van der Waals surface area (Å²) in [5.41, 5.74) is 1.69. The smallest absolute Gasteiger partial charge is 0.229 e. The molecule has 124 valence electrons. The Morgan fingerprint density at radius 1 is 1.29 bits per heavy atom. The summed E-state index contributed by atoms with van der Waals surface area (Å²) in [6.45, 7) is 2.03. The van der Waals surface area contributed by atoms with Crippen LogP contribution >= 0.6 is 11.6 Å². The van der Waals surface area contributed by atoms with Crippen molar-refractivity contribution in [3.8, 4) is 0 Å². The third-order valence-corrected chi connectivity index (χ3v) is 4.49. The van der Waals surface area contributed by atoms with Crippen molar-refractivity contribution in [3.63, 3.8) is 0 Å². The van der Waals surface area contributed by atoms with Gasteiger partial charge in [-0.2, -0.15) is 0 Å². The number of amides is 2. The highest BCUT2D eigenvalue weighted by Gasteiger charge is 2.36. The van der Waals surface area contributed by atoms with Crippen LogP contribution in [0.3, 0.4) is 0 Å². The number of nitrogens with one attached hydrogen (secondary N) is 1. The summed E-state index contributed by atoms with van der Waals surface area (Å²) >= 11 is 6.05. The quantitative estimate of drug-likeness (QED) is 0.919. The molecular weight excluding hydrogens is 331 g/mol. The lowest BCUT2D eigenvalue weighted by Crippen LogP contribution is -2.28. The molecule has 3 rings (SSSR count). The fourth-order valence-corrected chi connectivity index (χ4v) is 2.88. The molecule has 2 amide bonds. The maximum absolute atomic E-state index is 13.9. The van der Waals surface area contributed by atoms with E-state index in [1.165, 1.54) is 17.0 Å². The van der Waals surface area contributed by atoms with Crippen molar-refractivity contribution in [2.75, 3.05) is 16.8 Å². The molecule has 24 heavy (non-hydrogen) atoms. The maximum Gasteiger partial charge on any atom is 0.229 e. The van der Waals surface area contributed by atoms with Crippen molar-refractivity contribution in [1.29, 1.82) is 0 Å². The summed E-state index contributed by atoms with van der Waals surface area (Å²) in [7, 11) is 0. The minimum absolute atomic E-state index is 0.0553. The van der Waals surface area contributed by atoms with Gasteiger partial charge in [0.2, 0.25) is 11.8 Å². The number of carbonyl (C=O) groups is 2. The van der Waals surface area contributed by atoms with Crippen molar-refractivity contribution >= 4 is 34.8 Å². The summed E-state index contributed by atoms with van der Waals surface area (Å²) in [6.07, 6.45) is 0.0553. The number of aryl methyl sites for hydroxylation is 1. The highest BCUT2D eigenvalue weighted by molar-refractivity contribution is 6.31. The standard InChI is InChI=1S/C18H16ClFN2O2/c1-11-6-7-13(9-14(11)19)21-18(24)12-8-17(23)22(10-12)16-5-3-2-4-15(16)20/h2-7,9,12H,8,10H2,1H3,(H,21,24). The average molecular weight is 347 g/mol. The molecule has 1 aliphatic rings. The fraction of sp³-hybridized carbons (Fsp3) is 0.222. The van der Waals surface area contributed by atoms with Crippen LogP contribution in [0, 0.1) is 18.7 Å². The first kappa shape index (κ1) is 16.5. The molecule has 0 spiro atoms. The number of hydrogen-bond acceptors (Lipinski definition) is 2. The molecule has 1 saturated heterocycles. The second kappa shape index (κ2) is 6.61. The van der Waals surface area contributed by atoms with Crippen LogP contribution in [0.1, 0.15) is 12.0 Å². The highest BCUT2D eigenvalue weighted by atomic mass is 35.5. The van der Waals surface area contributed by atoms with Crippen LogP contribution < -0.4 is 10.2 Å². The van der Waals surface area contributed by atoms with Gasteiger partial charge in [-0.3, -0.25) is 9.59 Å². The molecule has 0 saturated carbocycles. The van der Waals surface area contributed by atoms with Crippen molar-refractivity contribution in [1.82, 2.24) is 0 Å². The highest BCUT2D eigenvalue weighted by Crippen LogP contribution is 2.28. The normalized spacial score (nSPS) is 17.2. The lowest BCUT2D eigenvalue weighted by molar-refractivity contribution is -0.122. The maximum atomic E-state index is 13.9. The molecule has 0 bridgehead atoms. The van der Waals surface area contributed by atoms with Crippen LogP contribution in [0.2, 0.25) is 5.02 Å². The van der Waals surface area contributed by atoms with E-state index in [2.05, 4.69) is 5.32 Å². The monoisotopic (exact) mass is 346 g/mol. The Kier molecular flexibility index (Phi) is 4.53. The Hall–Kier alpha value is -2.40. The van der Waals surface area contributed by atoms with Crippen molar-refractivity contribution in [2.45, 2.75) is 13.3 Å². The van der Waals surface area contributed by atoms with E-state index in [4.69, 9.17) is 11.6 Å². The molecule has 1 aliphatic heterocycles. The van der Waals surface area contributed by atoms with Crippen LogP contribution in [0.5, 0.6) is 0 Å². The first-order valence-corrected chi connectivity index (χ1v) is 7.95. The van der Waals surface area contributed by atoms with Crippen LogP contribution in [0.4, 0.5) is 15.8 Å². The van der Waals surface area contributed by atoms with Crippen LogP contribution in [-0.2, 0) is 9.59 Å². The number of rotatable bonds is 3. The van der Waals surface area contributed by atoms with Crippen molar-refractivity contribution < 1.29 is 14.0 Å². The lowest BCUT2D eigenvalue weighted by Gasteiger charge is -2.17. The topological polar surface area (TPSA) is 49.4 Å². The predicted octanol–water partition coefficient (Wildman–Crippen LogP) is 3.78. The van der Waals surface area contributed by atoms with Crippen molar-refractivity contribution in [3.05, 3.63) is 58.9 Å². The third kappa shape index (κ3) is 3.26. The van der Waals surface area contributed by atoms with E-state index in [1.807, 2.05) is 13.0 Å². The summed E-state index contributed by atoms with van der Waals surface area (Å²) in [5.74, 6) is -1.54. The largest absolute Gasteiger partial charge is 0.326 e. The minimum Gasteiger partial charge on any atom is -0.326 e. The molecule has 0 aliphatic carbocycles. The summed E-state index contributed by atoms with van der Waals surface area (Å²) < 4.78 is 13.9. The van der Waals surface area contributed by atoms with Gasteiger partial charge in [-0.25, -0.2) is 4.39 Å². The molecule has 6 heteroatoms. The zero-order valence-corrected chi connectivity index (χ0v) is 13.8. The van der Waals surface area contributed by atoms with Gasteiger partial charge in [0.15, 0.2) is 0 Å². The van der Waals surface area contributed by atoms with Gasteiger partial charge in [0.05, 0.1) is 11.6 Å². The number of nitrogens with zero attached hydrogens (tertiary/aromatic N) is 1. The molecule has 4 nitrogen and oxygen atoms in total. The number of hydrogen-bond donors (Lipinski definition) is 1. The predicted molar refractivity (Wildman–Crippen MR) is 91.7 cm³/mol. The van der Waals surface area contributed by atoms with E-state index >= 15 is 0 Å². The molecule has 2 aromatic carbocycles. The van der Waals surface area contributed by atoms with E-state index in [9.17, 15) is 14.0 Å². The van der Waals surface area contributed by atoms with Gasteiger partial charge >= 0.3 is 0 Å². The molecule has 1 atom stereocenters. The Labute approximate surface area is 144 Å². The zero-order chi connectivity index (χ0) is 17.3. The summed E-state index contributed by atoms with van der Waals surface area (Å²) in [4.78, 5) is 25.9. The molecule has 0 aromatic heterocycles. The first-order chi connectivity index (χ1) is 11.5. The molecule has 1 fully saturated rings. The molecule has 0 radical (unpaired) electrons. The fourth-order valence-electron chi connectivity index (χ4n) is 2.70. The van der Waals surface area contributed by atoms with Crippen LogP contribution in [0.25, 0.3) is 0 Å². The number of halogens is 2. The SMILES string of the molecule is Cc1ccc(NC(=O)C2CC(=O)N(c3ccccc3F)C2)cc1Cl. The Bertz CT molecular complexity index is 809. The second-order valence-corrected chi connectivity index (χ2v) is 6.22. The molecular formula is C18H16ClFN2O2. The van der Waals surface area contributed by atoms with Gasteiger partial charge in [0.1, 0.15) is 5.82 Å². The van der Waals surface area contributed by atoms with E-state index in [0.717, 1.165) is 5.56 Å². The number of benzene rings is 2. The molecule has 2 aromatic rings. The van der Waals surface area contributed by atoms with Gasteiger partial charge in [0.25, 0.3) is 0 Å². The van der Waals surface area contributed by atoms with E-state index in [-0.39, 0.29) is 30.5 Å². The Balaban J connectivity index is 1.72. The van der Waals surface area contributed by atoms with Gasteiger partial charge in [-0.15, -0.1) is 0 Å². The summed E-state index contributed by atoms with van der Waals surface area (Å²) in [5, 5.41) is 3.32. The molecule has 1 N–H and O–H groups in total. The summed E-state index contributed by atoms with van der Waals surface area (Å²) in [6, 6.07) is 11.3. The number of carbonyl (C=O) groups excluding carboxylic acids is 2. The third-order valence-electron chi connectivity index (χ3n) is 4.08. The molecule has 1 unspecified atom stereocenters. The first-order valence-electron chi connectivity index (χ1n) is 7.57. The minimum atomic E-state index is -0.530. The van der Waals surface area contributed by atoms with Crippen LogP contribution in [0.15, 0.2) is 42.5 Å². The zero-order valence-electron chi connectivity index (χ0n) is 13.1. The molecule has 1 heterocycles. The van der Waals surface area contributed by atoms with Gasteiger partial charge in [-0.1, -0.05) is 29.8 Å². The Morgan fingerprint density at radius 3 is 2.75 bits per heavy atom. The number of anilines is 2. The van der Waals surface area contributed by atoms with Crippen molar-refractivity contribution in [2.24, 2.45) is 5.92 Å². The number of para-hydroxylation sites is 1. The van der Waals surface area contributed by atoms with Gasteiger partial charge < -0.3 is 10.2 Å².